The minimum Gasteiger partial charge on any atom is -0.332 e. The molecule has 2 aliphatic heterocycles. The average molecular weight is 430 g/mol. The van der Waals surface area contributed by atoms with Gasteiger partial charge in [-0.25, -0.2) is 4.79 Å². The second-order valence-corrected chi connectivity index (χ2v) is 8.29. The van der Waals surface area contributed by atoms with Crippen molar-refractivity contribution >= 4 is 29.4 Å². The Morgan fingerprint density at radius 3 is 2.55 bits per heavy atom. The number of alkyl halides is 3. The molecule has 1 saturated carbocycles. The highest BCUT2D eigenvalue weighted by Crippen LogP contribution is 2.45. The molecule has 4 rings (SSSR count). The van der Waals surface area contributed by atoms with Crippen molar-refractivity contribution in [3.8, 4) is 0 Å². The highest BCUT2D eigenvalue weighted by Gasteiger charge is 2.55. The fourth-order valence-electron chi connectivity index (χ4n) is 4.36. The Balaban J connectivity index is 1.50. The molecule has 0 spiro atoms. The van der Waals surface area contributed by atoms with E-state index in [1.54, 1.807) is 6.92 Å². The molecule has 1 saturated heterocycles. The number of hydrogen-bond acceptors (Lipinski definition) is 3. The SMILES string of the molecule is C[C@H]1c2cc(C(F)(F)F)c(Cl)cc2CN1C(=O)CCC1(C2CC2)NC(=O)NC1=O. The van der Waals surface area contributed by atoms with Crippen molar-refractivity contribution in [2.45, 2.75) is 56.9 Å². The monoisotopic (exact) mass is 429 g/mol. The Hall–Kier alpha value is -2.29. The van der Waals surface area contributed by atoms with Gasteiger partial charge in [0.1, 0.15) is 5.54 Å². The Morgan fingerprint density at radius 2 is 2.00 bits per heavy atom. The van der Waals surface area contributed by atoms with Crippen LogP contribution in [-0.2, 0) is 22.3 Å². The lowest BCUT2D eigenvalue weighted by Gasteiger charge is -2.28. The van der Waals surface area contributed by atoms with E-state index in [-0.39, 0.29) is 31.2 Å². The number of nitrogens with zero attached hydrogens (tertiary/aromatic N) is 1. The quantitative estimate of drug-likeness (QED) is 0.719. The molecule has 1 unspecified atom stereocenters. The number of urea groups is 1. The number of imide groups is 1. The summed E-state index contributed by atoms with van der Waals surface area (Å²) in [5.74, 6) is -0.701. The molecule has 2 atom stereocenters. The van der Waals surface area contributed by atoms with Crippen LogP contribution in [0.15, 0.2) is 12.1 Å². The van der Waals surface area contributed by atoms with Gasteiger partial charge in [0.15, 0.2) is 0 Å². The van der Waals surface area contributed by atoms with Crippen LogP contribution < -0.4 is 10.6 Å². The first-order valence-corrected chi connectivity index (χ1v) is 9.73. The van der Waals surface area contributed by atoms with Crippen LogP contribution in [0.3, 0.4) is 0 Å². The molecule has 10 heteroatoms. The maximum atomic E-state index is 13.1. The summed E-state index contributed by atoms with van der Waals surface area (Å²) in [4.78, 5) is 38.2. The number of nitrogens with one attached hydrogen (secondary N) is 2. The Labute approximate surface area is 169 Å². The minimum absolute atomic E-state index is 0.00237. The van der Waals surface area contributed by atoms with Crippen LogP contribution in [-0.4, -0.2) is 28.3 Å². The molecular formula is C19H19ClF3N3O3. The summed E-state index contributed by atoms with van der Waals surface area (Å²) >= 11 is 5.80. The zero-order valence-corrected chi connectivity index (χ0v) is 16.3. The van der Waals surface area contributed by atoms with E-state index >= 15 is 0 Å². The van der Waals surface area contributed by atoms with Crippen LogP contribution >= 0.6 is 11.6 Å². The van der Waals surface area contributed by atoms with Crippen molar-refractivity contribution < 1.29 is 27.6 Å². The summed E-state index contributed by atoms with van der Waals surface area (Å²) < 4.78 is 39.4. The maximum Gasteiger partial charge on any atom is 0.417 e. The molecule has 156 valence electrons. The third-order valence-corrected chi connectivity index (χ3v) is 6.40. The molecule has 0 aromatic heterocycles. The van der Waals surface area contributed by atoms with Crippen molar-refractivity contribution in [1.29, 1.82) is 0 Å². The highest BCUT2D eigenvalue weighted by atomic mass is 35.5. The zero-order valence-electron chi connectivity index (χ0n) is 15.5. The van der Waals surface area contributed by atoms with Gasteiger partial charge in [0, 0.05) is 13.0 Å². The number of amides is 4. The fraction of sp³-hybridized carbons (Fsp3) is 0.526. The van der Waals surface area contributed by atoms with Gasteiger partial charge in [0.05, 0.1) is 16.6 Å². The average Bonchev–Trinajstić information content (AvgIpc) is 3.36. The number of hydrogen-bond donors (Lipinski definition) is 2. The Kier molecular flexibility index (Phi) is 4.56. The highest BCUT2D eigenvalue weighted by molar-refractivity contribution is 6.31. The molecule has 3 aliphatic rings. The second kappa shape index (κ2) is 6.62. The topological polar surface area (TPSA) is 78.5 Å². The summed E-state index contributed by atoms with van der Waals surface area (Å²) in [7, 11) is 0. The van der Waals surface area contributed by atoms with Gasteiger partial charge in [-0.3, -0.25) is 14.9 Å². The van der Waals surface area contributed by atoms with E-state index in [1.807, 2.05) is 0 Å². The smallest absolute Gasteiger partial charge is 0.332 e. The van der Waals surface area contributed by atoms with Crippen LogP contribution in [0, 0.1) is 5.92 Å². The third kappa shape index (κ3) is 3.35. The van der Waals surface area contributed by atoms with Gasteiger partial charge in [-0.15, -0.1) is 0 Å². The van der Waals surface area contributed by atoms with E-state index in [0.29, 0.717) is 11.1 Å². The van der Waals surface area contributed by atoms with Gasteiger partial charge in [-0.2, -0.15) is 13.2 Å². The van der Waals surface area contributed by atoms with Crippen LogP contribution in [0.5, 0.6) is 0 Å². The van der Waals surface area contributed by atoms with Crippen molar-refractivity contribution in [2.24, 2.45) is 5.92 Å². The number of benzene rings is 1. The van der Waals surface area contributed by atoms with E-state index < -0.39 is 40.3 Å². The lowest BCUT2D eigenvalue weighted by atomic mass is 9.87. The minimum atomic E-state index is -4.58. The van der Waals surface area contributed by atoms with Crippen molar-refractivity contribution in [1.82, 2.24) is 15.5 Å². The van der Waals surface area contributed by atoms with Crippen LogP contribution in [0.1, 0.15) is 55.3 Å². The maximum absolute atomic E-state index is 13.1. The van der Waals surface area contributed by atoms with Gasteiger partial charge in [-0.1, -0.05) is 11.6 Å². The lowest BCUT2D eigenvalue weighted by Crippen LogP contribution is -2.49. The van der Waals surface area contributed by atoms with E-state index in [9.17, 15) is 27.6 Å². The van der Waals surface area contributed by atoms with Crippen molar-refractivity contribution in [2.75, 3.05) is 0 Å². The van der Waals surface area contributed by atoms with E-state index in [2.05, 4.69) is 10.6 Å². The molecule has 2 N–H and O–H groups in total. The number of carbonyl (C=O) groups is 3. The van der Waals surface area contributed by atoms with E-state index in [0.717, 1.165) is 18.9 Å². The van der Waals surface area contributed by atoms with Crippen LogP contribution in [0.25, 0.3) is 0 Å². The molecule has 6 nitrogen and oxygen atoms in total. The Bertz CT molecular complexity index is 916. The molecule has 1 aromatic rings. The lowest BCUT2D eigenvalue weighted by molar-refractivity contribution is -0.137. The van der Waals surface area contributed by atoms with Gasteiger partial charge >= 0.3 is 12.2 Å². The van der Waals surface area contributed by atoms with Crippen LogP contribution in [0.2, 0.25) is 5.02 Å². The Morgan fingerprint density at radius 1 is 1.31 bits per heavy atom. The molecule has 0 bridgehead atoms. The summed E-state index contributed by atoms with van der Waals surface area (Å²) in [5.41, 5.74) is -1.00. The number of rotatable bonds is 4. The first-order valence-electron chi connectivity index (χ1n) is 9.35. The summed E-state index contributed by atoms with van der Waals surface area (Å²) in [6.07, 6.45) is -2.82. The van der Waals surface area contributed by atoms with Gasteiger partial charge in [0.2, 0.25) is 5.91 Å². The van der Waals surface area contributed by atoms with Crippen molar-refractivity contribution in [3.63, 3.8) is 0 Å². The first kappa shape index (κ1) is 20.0. The van der Waals surface area contributed by atoms with Crippen molar-refractivity contribution in [3.05, 3.63) is 33.8 Å². The number of fused-ring (bicyclic) bond motifs is 1. The standard InChI is InChI=1S/C19H19ClF3N3O3/c1-9-12-7-13(19(21,22)23)14(20)6-10(12)8-26(9)15(27)4-5-18(11-2-3-11)16(28)24-17(29)25-18/h6-7,9,11H,2-5,8H2,1H3,(H2,24,25,28,29)/t9-,18?/m0/s1. The predicted molar refractivity (Wildman–Crippen MR) is 96.8 cm³/mol. The fourth-order valence-corrected chi connectivity index (χ4v) is 4.66. The third-order valence-electron chi connectivity index (χ3n) is 6.09. The second-order valence-electron chi connectivity index (χ2n) is 7.88. The van der Waals surface area contributed by atoms with E-state index in [1.165, 1.54) is 11.0 Å². The summed E-state index contributed by atoms with van der Waals surface area (Å²) in [6, 6.07) is 1.16. The molecule has 2 fully saturated rings. The van der Waals surface area contributed by atoms with Gasteiger partial charge < -0.3 is 10.2 Å². The predicted octanol–water partition coefficient (Wildman–Crippen LogP) is 3.53. The molecule has 0 radical (unpaired) electrons. The zero-order chi connectivity index (χ0) is 21.1. The molecule has 1 aliphatic carbocycles. The largest absolute Gasteiger partial charge is 0.417 e. The molecule has 4 amide bonds. The summed E-state index contributed by atoms with van der Waals surface area (Å²) in [6.45, 7) is 1.82. The first-order chi connectivity index (χ1) is 13.5. The number of carbonyl (C=O) groups excluding carboxylic acids is 3. The van der Waals surface area contributed by atoms with Gasteiger partial charge in [0.25, 0.3) is 5.91 Å². The van der Waals surface area contributed by atoms with Crippen LogP contribution in [0.4, 0.5) is 18.0 Å². The van der Waals surface area contributed by atoms with E-state index in [4.69, 9.17) is 11.6 Å². The number of halogens is 4. The van der Waals surface area contributed by atoms with Gasteiger partial charge in [-0.05, 0) is 55.4 Å². The molecular weight excluding hydrogens is 411 g/mol. The molecule has 29 heavy (non-hydrogen) atoms. The normalized spacial score (nSPS) is 26.4. The molecule has 2 heterocycles. The summed E-state index contributed by atoms with van der Waals surface area (Å²) in [5, 5.41) is 4.52. The molecule has 1 aromatic carbocycles.